The molecule has 0 amide bonds. The van der Waals surface area contributed by atoms with Crippen molar-refractivity contribution in [3.8, 4) is 0 Å². The quantitative estimate of drug-likeness (QED) is 0.632. The predicted octanol–water partition coefficient (Wildman–Crippen LogP) is 3.61. The number of nitrogens with zero attached hydrogens (tertiary/aromatic N) is 1. The van der Waals surface area contributed by atoms with Crippen LogP contribution in [0.1, 0.15) is 36.2 Å². The molecule has 20 heavy (non-hydrogen) atoms. The Morgan fingerprint density at radius 2 is 1.90 bits per heavy atom. The van der Waals surface area contributed by atoms with E-state index in [0.29, 0.717) is 22.0 Å². The Kier molecular flexibility index (Phi) is 3.89. The number of Topliss-reactive ketones (excluding diaryl/α,β-unsaturated/α-hetero) is 1. The van der Waals surface area contributed by atoms with Crippen molar-refractivity contribution < 1.29 is 14.3 Å². The molecule has 1 aliphatic heterocycles. The van der Waals surface area contributed by atoms with Gasteiger partial charge in [-0.15, -0.1) is 0 Å². The molecule has 0 aliphatic carbocycles. The third kappa shape index (κ3) is 2.45. The Hall–Kier alpha value is -1.39. The standard InChI is InChI=1S/C14H13Cl2NO3/c1-4-14(3)13(19)20-12(17-14)11(18)8-5-9(15)7(2)10(16)6-8/h5-6H,4H2,1-3H3. The average molecular weight is 314 g/mol. The van der Waals surface area contributed by atoms with Crippen LogP contribution in [-0.4, -0.2) is 23.2 Å². The lowest BCUT2D eigenvalue weighted by atomic mass is 10.0. The fraction of sp³-hybridized carbons (Fsp3) is 0.357. The lowest BCUT2D eigenvalue weighted by molar-refractivity contribution is -0.138. The molecule has 6 heteroatoms. The maximum Gasteiger partial charge on any atom is 0.340 e. The van der Waals surface area contributed by atoms with Gasteiger partial charge in [0.25, 0.3) is 5.90 Å². The zero-order valence-corrected chi connectivity index (χ0v) is 12.8. The molecule has 1 atom stereocenters. The Bertz CT molecular complexity index is 616. The number of esters is 1. The lowest BCUT2D eigenvalue weighted by Gasteiger charge is -2.11. The molecule has 1 heterocycles. The largest absolute Gasteiger partial charge is 0.402 e. The minimum absolute atomic E-state index is 0.213. The molecular weight excluding hydrogens is 301 g/mol. The first-order valence-electron chi connectivity index (χ1n) is 6.11. The highest BCUT2D eigenvalue weighted by atomic mass is 35.5. The monoisotopic (exact) mass is 313 g/mol. The number of cyclic esters (lactones) is 1. The van der Waals surface area contributed by atoms with Crippen LogP contribution in [0.5, 0.6) is 0 Å². The molecule has 1 aromatic rings. The van der Waals surface area contributed by atoms with Crippen LogP contribution >= 0.6 is 23.2 Å². The second kappa shape index (κ2) is 5.19. The number of hydrogen-bond acceptors (Lipinski definition) is 4. The first-order chi connectivity index (χ1) is 9.28. The van der Waals surface area contributed by atoms with Crippen LogP contribution in [0.2, 0.25) is 10.0 Å². The van der Waals surface area contributed by atoms with Crippen LogP contribution in [-0.2, 0) is 9.53 Å². The molecule has 0 saturated carbocycles. The van der Waals surface area contributed by atoms with Gasteiger partial charge in [0, 0.05) is 15.6 Å². The normalized spacial score (nSPS) is 21.6. The van der Waals surface area contributed by atoms with Gasteiger partial charge < -0.3 is 4.74 Å². The fourth-order valence-corrected chi connectivity index (χ4v) is 2.20. The van der Waals surface area contributed by atoms with Crippen molar-refractivity contribution in [1.29, 1.82) is 0 Å². The smallest absolute Gasteiger partial charge is 0.340 e. The van der Waals surface area contributed by atoms with Gasteiger partial charge in [0.2, 0.25) is 5.78 Å². The number of aliphatic imine (C=N–C) groups is 1. The van der Waals surface area contributed by atoms with Gasteiger partial charge in [-0.25, -0.2) is 9.79 Å². The Morgan fingerprint density at radius 3 is 2.35 bits per heavy atom. The fourth-order valence-electron chi connectivity index (χ4n) is 1.71. The summed E-state index contributed by atoms with van der Waals surface area (Å²) in [6.07, 6.45) is 0.456. The van der Waals surface area contributed by atoms with Crippen LogP contribution in [0.4, 0.5) is 0 Å². The van der Waals surface area contributed by atoms with Gasteiger partial charge in [-0.3, -0.25) is 4.79 Å². The van der Waals surface area contributed by atoms with E-state index in [1.54, 1.807) is 20.8 Å². The van der Waals surface area contributed by atoms with Gasteiger partial charge in [-0.1, -0.05) is 30.1 Å². The summed E-state index contributed by atoms with van der Waals surface area (Å²) in [5.74, 6) is -1.23. The van der Waals surface area contributed by atoms with Gasteiger partial charge in [0.1, 0.15) is 0 Å². The van der Waals surface area contributed by atoms with Crippen LogP contribution in [0.15, 0.2) is 17.1 Å². The van der Waals surface area contributed by atoms with Gasteiger partial charge in [-0.2, -0.15) is 0 Å². The van der Waals surface area contributed by atoms with Gasteiger partial charge in [-0.05, 0) is 38.0 Å². The number of rotatable bonds is 3. The highest BCUT2D eigenvalue weighted by Crippen LogP contribution is 2.28. The predicted molar refractivity (Wildman–Crippen MR) is 77.8 cm³/mol. The van der Waals surface area contributed by atoms with Crippen molar-refractivity contribution in [2.45, 2.75) is 32.7 Å². The van der Waals surface area contributed by atoms with E-state index < -0.39 is 17.3 Å². The summed E-state index contributed by atoms with van der Waals surface area (Å²) >= 11 is 12.0. The minimum atomic E-state index is -0.997. The number of halogens is 2. The molecule has 0 radical (unpaired) electrons. The van der Waals surface area contributed by atoms with Crippen molar-refractivity contribution in [3.05, 3.63) is 33.3 Å². The summed E-state index contributed by atoms with van der Waals surface area (Å²) in [4.78, 5) is 28.1. The van der Waals surface area contributed by atoms with Gasteiger partial charge in [0.15, 0.2) is 5.54 Å². The van der Waals surface area contributed by atoms with Crippen LogP contribution in [0.25, 0.3) is 0 Å². The molecule has 1 aromatic carbocycles. The highest BCUT2D eigenvalue weighted by Gasteiger charge is 2.42. The zero-order chi connectivity index (χ0) is 15.1. The first-order valence-corrected chi connectivity index (χ1v) is 6.86. The van der Waals surface area contributed by atoms with E-state index in [0.717, 1.165) is 0 Å². The number of hydrogen-bond donors (Lipinski definition) is 0. The van der Waals surface area contributed by atoms with E-state index in [-0.39, 0.29) is 11.5 Å². The van der Waals surface area contributed by atoms with E-state index in [4.69, 9.17) is 27.9 Å². The summed E-state index contributed by atoms with van der Waals surface area (Å²) in [5.41, 5.74) is -0.0605. The van der Waals surface area contributed by atoms with Crippen molar-refractivity contribution in [1.82, 2.24) is 0 Å². The molecule has 1 unspecified atom stereocenters. The van der Waals surface area contributed by atoms with E-state index in [1.165, 1.54) is 12.1 Å². The topological polar surface area (TPSA) is 55.7 Å². The zero-order valence-electron chi connectivity index (χ0n) is 11.3. The molecule has 0 N–H and O–H groups in total. The highest BCUT2D eigenvalue weighted by molar-refractivity contribution is 6.46. The Labute approximate surface area is 126 Å². The number of ketones is 1. The third-order valence-electron chi connectivity index (χ3n) is 3.40. The van der Waals surface area contributed by atoms with Crippen LogP contribution in [0, 0.1) is 6.92 Å². The van der Waals surface area contributed by atoms with Crippen LogP contribution in [0.3, 0.4) is 0 Å². The molecule has 0 fully saturated rings. The minimum Gasteiger partial charge on any atom is -0.402 e. The van der Waals surface area contributed by atoms with E-state index in [2.05, 4.69) is 4.99 Å². The molecule has 2 rings (SSSR count). The molecule has 4 nitrogen and oxygen atoms in total. The second-order valence-electron chi connectivity index (χ2n) is 4.83. The summed E-state index contributed by atoms with van der Waals surface area (Å²) in [6.45, 7) is 5.18. The Balaban J connectivity index is 2.39. The summed E-state index contributed by atoms with van der Waals surface area (Å²) < 4.78 is 4.97. The van der Waals surface area contributed by atoms with Crippen molar-refractivity contribution in [3.63, 3.8) is 0 Å². The molecule has 106 valence electrons. The number of benzene rings is 1. The van der Waals surface area contributed by atoms with E-state index >= 15 is 0 Å². The number of carbonyl (C=O) groups excluding carboxylic acids is 2. The maximum absolute atomic E-state index is 12.3. The maximum atomic E-state index is 12.3. The average Bonchev–Trinajstić information content (AvgIpc) is 2.71. The first kappa shape index (κ1) is 15.0. The van der Waals surface area contributed by atoms with E-state index in [1.807, 2.05) is 0 Å². The number of ether oxygens (including phenoxy) is 1. The second-order valence-corrected chi connectivity index (χ2v) is 5.64. The molecule has 0 spiro atoms. The van der Waals surface area contributed by atoms with Crippen molar-refractivity contribution >= 4 is 40.9 Å². The number of carbonyl (C=O) groups is 2. The van der Waals surface area contributed by atoms with Crippen molar-refractivity contribution in [2.24, 2.45) is 4.99 Å². The Morgan fingerprint density at radius 1 is 1.35 bits per heavy atom. The third-order valence-corrected chi connectivity index (χ3v) is 4.19. The summed E-state index contributed by atoms with van der Waals surface area (Å²) in [7, 11) is 0. The summed E-state index contributed by atoms with van der Waals surface area (Å²) in [6, 6.07) is 2.98. The molecular formula is C14H13Cl2NO3. The van der Waals surface area contributed by atoms with E-state index in [9.17, 15) is 9.59 Å². The molecule has 1 aliphatic rings. The lowest BCUT2D eigenvalue weighted by Crippen LogP contribution is -2.28. The molecule has 0 bridgehead atoms. The molecule has 0 saturated heterocycles. The van der Waals surface area contributed by atoms with Crippen molar-refractivity contribution in [2.75, 3.05) is 0 Å². The van der Waals surface area contributed by atoms with Crippen LogP contribution < -0.4 is 0 Å². The SMILES string of the molecule is CCC1(C)N=C(C(=O)c2cc(Cl)c(C)c(Cl)c2)OC1=O. The summed E-state index contributed by atoms with van der Waals surface area (Å²) in [5, 5.41) is 0.757. The van der Waals surface area contributed by atoms with Gasteiger partial charge >= 0.3 is 5.97 Å². The molecule has 0 aromatic heterocycles. The van der Waals surface area contributed by atoms with Gasteiger partial charge in [0.05, 0.1) is 0 Å².